The number of methoxy groups -OCH3 is 1. The van der Waals surface area contributed by atoms with E-state index in [4.69, 9.17) is 16.3 Å². The first-order valence-electron chi connectivity index (χ1n) is 8.58. The van der Waals surface area contributed by atoms with Gasteiger partial charge in [0.15, 0.2) is 0 Å². The Balaban J connectivity index is 2.31. The Hall–Kier alpha value is -2.29. The molecule has 0 fully saturated rings. The Kier molecular flexibility index (Phi) is 7.68. The maximum atomic E-state index is 13.2. The molecule has 7 nitrogen and oxygen atoms in total. The third kappa shape index (κ3) is 5.85. The number of likely N-dealkylation sites (N-methyl/N-ethyl adjacent to an activating group) is 1. The Labute approximate surface area is 170 Å². The third-order valence-corrected chi connectivity index (χ3v) is 5.97. The van der Waals surface area contributed by atoms with E-state index in [0.717, 1.165) is 4.31 Å². The maximum Gasteiger partial charge on any atom is 0.264 e. The first-order chi connectivity index (χ1) is 13.2. The van der Waals surface area contributed by atoms with E-state index in [1.165, 1.54) is 19.2 Å². The van der Waals surface area contributed by atoms with E-state index in [1.54, 1.807) is 36.4 Å². The predicted molar refractivity (Wildman–Crippen MR) is 111 cm³/mol. The summed E-state index contributed by atoms with van der Waals surface area (Å²) in [5.41, 5.74) is 0.350. The van der Waals surface area contributed by atoms with Crippen molar-refractivity contribution in [1.29, 1.82) is 0 Å². The van der Waals surface area contributed by atoms with Gasteiger partial charge in [0, 0.05) is 18.1 Å². The largest absolute Gasteiger partial charge is 0.497 e. The highest BCUT2D eigenvalue weighted by molar-refractivity contribution is 7.92. The molecule has 152 valence electrons. The molecule has 1 amide bonds. The van der Waals surface area contributed by atoms with E-state index < -0.39 is 15.9 Å². The van der Waals surface area contributed by atoms with E-state index in [-0.39, 0.29) is 11.4 Å². The van der Waals surface area contributed by atoms with Gasteiger partial charge in [0.25, 0.3) is 10.0 Å². The number of nitrogens with zero attached hydrogens (tertiary/aromatic N) is 2. The summed E-state index contributed by atoms with van der Waals surface area (Å²) in [6.45, 7) is 0.726. The Morgan fingerprint density at radius 2 is 1.68 bits per heavy atom. The monoisotopic (exact) mass is 425 g/mol. The van der Waals surface area contributed by atoms with Gasteiger partial charge in [-0.15, -0.1) is 0 Å². The summed E-state index contributed by atoms with van der Waals surface area (Å²) in [5.74, 6) is 0.146. The van der Waals surface area contributed by atoms with Gasteiger partial charge in [0.2, 0.25) is 5.91 Å². The normalized spacial score (nSPS) is 11.3. The fourth-order valence-corrected chi connectivity index (χ4v) is 3.95. The number of rotatable bonds is 9. The highest BCUT2D eigenvalue weighted by Gasteiger charge is 2.27. The standard InChI is InChI=1S/C19H24ClN3O4S/c1-22(2)13-12-21-19(24)14-23(16-6-4-15(20)5-7-16)28(25,26)18-10-8-17(27-3)9-11-18/h4-11H,12-14H2,1-3H3,(H,21,24). The van der Waals surface area contributed by atoms with Crippen LogP contribution >= 0.6 is 11.6 Å². The minimum atomic E-state index is -3.96. The molecule has 0 radical (unpaired) electrons. The van der Waals surface area contributed by atoms with E-state index >= 15 is 0 Å². The number of benzene rings is 2. The van der Waals surface area contributed by atoms with Gasteiger partial charge in [0.1, 0.15) is 12.3 Å². The molecule has 2 rings (SSSR count). The molecule has 2 aromatic carbocycles. The Morgan fingerprint density at radius 3 is 2.21 bits per heavy atom. The van der Waals surface area contributed by atoms with Crippen molar-refractivity contribution in [2.24, 2.45) is 0 Å². The number of hydrogen-bond acceptors (Lipinski definition) is 5. The van der Waals surface area contributed by atoms with Crippen LogP contribution in [0.15, 0.2) is 53.4 Å². The van der Waals surface area contributed by atoms with Crippen LogP contribution in [0.5, 0.6) is 5.75 Å². The summed E-state index contributed by atoms with van der Waals surface area (Å²) in [5, 5.41) is 3.21. The van der Waals surface area contributed by atoms with Crippen molar-refractivity contribution in [2.45, 2.75) is 4.90 Å². The lowest BCUT2D eigenvalue weighted by atomic mass is 10.3. The predicted octanol–water partition coefficient (Wildman–Crippen LogP) is 2.22. The molecular weight excluding hydrogens is 402 g/mol. The third-order valence-electron chi connectivity index (χ3n) is 3.93. The SMILES string of the molecule is COc1ccc(S(=O)(=O)N(CC(=O)NCCN(C)C)c2ccc(Cl)cc2)cc1. The molecule has 0 heterocycles. The van der Waals surface area contributed by atoms with Crippen molar-refractivity contribution in [3.63, 3.8) is 0 Å². The molecule has 1 N–H and O–H groups in total. The molecule has 2 aromatic rings. The molecule has 0 spiro atoms. The maximum absolute atomic E-state index is 13.2. The van der Waals surface area contributed by atoms with E-state index in [0.29, 0.717) is 29.5 Å². The molecule has 0 saturated carbocycles. The van der Waals surface area contributed by atoms with Crippen LogP contribution in [0, 0.1) is 0 Å². The summed E-state index contributed by atoms with van der Waals surface area (Å²) < 4.78 is 32.5. The van der Waals surface area contributed by atoms with Gasteiger partial charge in [0.05, 0.1) is 17.7 Å². The number of halogens is 1. The number of ether oxygens (including phenoxy) is 1. The second kappa shape index (κ2) is 9.77. The van der Waals surface area contributed by atoms with Crippen molar-refractivity contribution in [2.75, 3.05) is 45.1 Å². The molecular formula is C19H24ClN3O4S. The number of anilines is 1. The van der Waals surface area contributed by atoms with Gasteiger partial charge in [-0.1, -0.05) is 11.6 Å². The summed E-state index contributed by atoms with van der Waals surface area (Å²) in [7, 11) is 1.32. The molecule has 0 bridgehead atoms. The Bertz CT molecular complexity index is 884. The molecule has 9 heteroatoms. The minimum absolute atomic E-state index is 0.0596. The van der Waals surface area contributed by atoms with Crippen LogP contribution in [0.4, 0.5) is 5.69 Å². The van der Waals surface area contributed by atoms with Crippen LogP contribution < -0.4 is 14.4 Å². The quantitative estimate of drug-likeness (QED) is 0.666. The van der Waals surface area contributed by atoms with Gasteiger partial charge >= 0.3 is 0 Å². The number of sulfonamides is 1. The molecule has 0 saturated heterocycles. The number of carbonyl (C=O) groups excluding carboxylic acids is 1. The zero-order valence-corrected chi connectivity index (χ0v) is 17.6. The number of hydrogen-bond donors (Lipinski definition) is 1. The highest BCUT2D eigenvalue weighted by atomic mass is 35.5. The summed E-state index contributed by atoms with van der Waals surface area (Å²) >= 11 is 5.92. The molecule has 0 atom stereocenters. The van der Waals surface area contributed by atoms with Crippen LogP contribution in [-0.4, -0.2) is 60.1 Å². The summed E-state index contributed by atoms with van der Waals surface area (Å²) in [6.07, 6.45) is 0. The lowest BCUT2D eigenvalue weighted by Crippen LogP contribution is -2.42. The fraction of sp³-hybridized carbons (Fsp3) is 0.316. The zero-order valence-electron chi connectivity index (χ0n) is 16.1. The van der Waals surface area contributed by atoms with Crippen LogP contribution in [0.1, 0.15) is 0 Å². The van der Waals surface area contributed by atoms with Crippen molar-refractivity contribution >= 4 is 33.2 Å². The topological polar surface area (TPSA) is 79.0 Å². The summed E-state index contributed by atoms with van der Waals surface area (Å²) in [4.78, 5) is 14.4. The molecule has 0 aromatic heterocycles. The second-order valence-corrected chi connectivity index (χ2v) is 8.62. The van der Waals surface area contributed by atoms with E-state index in [1.807, 2.05) is 19.0 Å². The van der Waals surface area contributed by atoms with Crippen LogP contribution in [0.25, 0.3) is 0 Å². The lowest BCUT2D eigenvalue weighted by molar-refractivity contribution is -0.119. The molecule has 0 unspecified atom stereocenters. The molecule has 0 aliphatic heterocycles. The van der Waals surface area contributed by atoms with Crippen LogP contribution in [0.2, 0.25) is 5.02 Å². The molecule has 0 aliphatic rings. The van der Waals surface area contributed by atoms with Crippen molar-refractivity contribution < 1.29 is 17.9 Å². The number of carbonyl (C=O) groups is 1. The van der Waals surface area contributed by atoms with Gasteiger partial charge in [-0.2, -0.15) is 0 Å². The first kappa shape index (κ1) is 22.0. The average molecular weight is 426 g/mol. The van der Waals surface area contributed by atoms with Crippen LogP contribution in [-0.2, 0) is 14.8 Å². The smallest absolute Gasteiger partial charge is 0.264 e. The van der Waals surface area contributed by atoms with Crippen molar-refractivity contribution in [3.8, 4) is 5.75 Å². The molecule has 0 aliphatic carbocycles. The van der Waals surface area contributed by atoms with Gasteiger partial charge in [-0.25, -0.2) is 8.42 Å². The van der Waals surface area contributed by atoms with E-state index in [2.05, 4.69) is 5.32 Å². The van der Waals surface area contributed by atoms with E-state index in [9.17, 15) is 13.2 Å². The first-order valence-corrected chi connectivity index (χ1v) is 10.4. The number of amides is 1. The van der Waals surface area contributed by atoms with Gasteiger partial charge in [-0.05, 0) is 62.6 Å². The van der Waals surface area contributed by atoms with Crippen molar-refractivity contribution in [1.82, 2.24) is 10.2 Å². The summed E-state index contributed by atoms with van der Waals surface area (Å²) in [6, 6.07) is 12.3. The number of nitrogens with one attached hydrogen (secondary N) is 1. The van der Waals surface area contributed by atoms with Gasteiger partial charge < -0.3 is 15.0 Å². The average Bonchev–Trinajstić information content (AvgIpc) is 2.66. The highest BCUT2D eigenvalue weighted by Crippen LogP contribution is 2.26. The van der Waals surface area contributed by atoms with Crippen LogP contribution in [0.3, 0.4) is 0 Å². The minimum Gasteiger partial charge on any atom is -0.497 e. The molecule has 28 heavy (non-hydrogen) atoms. The lowest BCUT2D eigenvalue weighted by Gasteiger charge is -2.24. The van der Waals surface area contributed by atoms with Gasteiger partial charge in [-0.3, -0.25) is 9.10 Å². The fourth-order valence-electron chi connectivity index (χ4n) is 2.40. The zero-order chi connectivity index (χ0) is 20.7. The Morgan fingerprint density at radius 1 is 1.07 bits per heavy atom. The second-order valence-electron chi connectivity index (χ2n) is 6.32. The van der Waals surface area contributed by atoms with Crippen molar-refractivity contribution in [3.05, 3.63) is 53.6 Å².